The maximum atomic E-state index is 6.03. The van der Waals surface area contributed by atoms with Crippen LogP contribution in [0.5, 0.6) is 6.01 Å². The number of benzene rings is 1. The van der Waals surface area contributed by atoms with Gasteiger partial charge < -0.3 is 4.74 Å². The van der Waals surface area contributed by atoms with Gasteiger partial charge in [-0.15, -0.1) is 11.3 Å². The van der Waals surface area contributed by atoms with Gasteiger partial charge in [0.05, 0.1) is 11.9 Å². The van der Waals surface area contributed by atoms with Crippen molar-refractivity contribution in [1.82, 2.24) is 29.6 Å². The average molecular weight is 433 g/mol. The van der Waals surface area contributed by atoms with Gasteiger partial charge in [-0.1, -0.05) is 30.3 Å². The highest BCUT2D eigenvalue weighted by molar-refractivity contribution is 7.13. The van der Waals surface area contributed by atoms with E-state index in [2.05, 4.69) is 49.6 Å². The summed E-state index contributed by atoms with van der Waals surface area (Å²) in [6, 6.07) is 10.8. The second-order valence-corrected chi connectivity index (χ2v) is 8.62. The van der Waals surface area contributed by atoms with Crippen LogP contribution in [0.3, 0.4) is 0 Å². The zero-order valence-electron chi connectivity index (χ0n) is 17.4. The van der Waals surface area contributed by atoms with Gasteiger partial charge in [-0.25, -0.2) is 15.0 Å². The Morgan fingerprint density at radius 3 is 2.48 bits per heavy atom. The average Bonchev–Trinajstić information content (AvgIpc) is 3.45. The van der Waals surface area contributed by atoms with Crippen molar-refractivity contribution in [3.63, 3.8) is 0 Å². The van der Waals surface area contributed by atoms with Gasteiger partial charge in [-0.2, -0.15) is 5.10 Å². The fraction of sp³-hybridized carbons (Fsp3) is 0.304. The largest absolute Gasteiger partial charge is 0.460 e. The fourth-order valence-electron chi connectivity index (χ4n) is 3.75. The number of aromatic nitrogens is 5. The van der Waals surface area contributed by atoms with Crippen molar-refractivity contribution in [2.45, 2.75) is 25.5 Å². The Bertz CT molecular complexity index is 1120. The SMILES string of the molecule is Cn1cc(-c2cnc(OC3CCN(Cc4csc(-c5ccccc5)n4)CC3)nc2)cn1. The third-order valence-electron chi connectivity index (χ3n) is 5.43. The molecule has 4 aromatic rings. The van der Waals surface area contributed by atoms with Crippen LogP contribution in [0.1, 0.15) is 18.5 Å². The number of likely N-dealkylation sites (tertiary alicyclic amines) is 1. The first-order valence-corrected chi connectivity index (χ1v) is 11.3. The van der Waals surface area contributed by atoms with Gasteiger partial charge in [0.15, 0.2) is 0 Å². The Morgan fingerprint density at radius 2 is 1.77 bits per heavy atom. The monoisotopic (exact) mass is 432 g/mol. The second kappa shape index (κ2) is 8.95. The highest BCUT2D eigenvalue weighted by Gasteiger charge is 2.22. The third kappa shape index (κ3) is 4.81. The molecule has 1 saturated heterocycles. The molecule has 1 fully saturated rings. The molecule has 7 nitrogen and oxygen atoms in total. The molecule has 5 rings (SSSR count). The van der Waals surface area contributed by atoms with Crippen molar-refractivity contribution in [3.8, 4) is 27.7 Å². The Kier molecular flexibility index (Phi) is 5.73. The van der Waals surface area contributed by atoms with Crippen LogP contribution in [-0.4, -0.2) is 48.8 Å². The lowest BCUT2D eigenvalue weighted by Gasteiger charge is -2.31. The van der Waals surface area contributed by atoms with Crippen LogP contribution < -0.4 is 4.74 Å². The number of thiazole rings is 1. The molecular weight excluding hydrogens is 408 g/mol. The normalized spacial score (nSPS) is 15.3. The zero-order valence-corrected chi connectivity index (χ0v) is 18.2. The molecule has 0 amide bonds. The van der Waals surface area contributed by atoms with E-state index in [4.69, 9.17) is 9.72 Å². The van der Waals surface area contributed by atoms with Gasteiger partial charge in [0.1, 0.15) is 11.1 Å². The molecule has 0 atom stereocenters. The number of piperidine rings is 1. The summed E-state index contributed by atoms with van der Waals surface area (Å²) in [5, 5.41) is 7.44. The molecule has 1 aliphatic rings. The summed E-state index contributed by atoms with van der Waals surface area (Å²) >= 11 is 1.71. The van der Waals surface area contributed by atoms with E-state index in [1.165, 1.54) is 5.56 Å². The predicted octanol–water partition coefficient (Wildman–Crippen LogP) is 4.04. The molecule has 158 valence electrons. The quantitative estimate of drug-likeness (QED) is 0.458. The van der Waals surface area contributed by atoms with Crippen molar-refractivity contribution >= 4 is 11.3 Å². The molecule has 31 heavy (non-hydrogen) atoms. The minimum atomic E-state index is 0.149. The van der Waals surface area contributed by atoms with Crippen LogP contribution >= 0.6 is 11.3 Å². The fourth-order valence-corrected chi connectivity index (χ4v) is 4.57. The topological polar surface area (TPSA) is 69.0 Å². The molecule has 0 saturated carbocycles. The molecule has 4 heterocycles. The molecule has 8 heteroatoms. The summed E-state index contributed by atoms with van der Waals surface area (Å²) in [5.41, 5.74) is 4.26. The number of hydrogen-bond donors (Lipinski definition) is 0. The maximum Gasteiger partial charge on any atom is 0.316 e. The first-order chi connectivity index (χ1) is 15.2. The minimum Gasteiger partial charge on any atom is -0.460 e. The van der Waals surface area contributed by atoms with Gasteiger partial charge in [0.25, 0.3) is 0 Å². The summed E-state index contributed by atoms with van der Waals surface area (Å²) < 4.78 is 7.79. The van der Waals surface area contributed by atoms with E-state index in [9.17, 15) is 0 Å². The molecule has 0 N–H and O–H groups in total. The van der Waals surface area contributed by atoms with Gasteiger partial charge in [-0.3, -0.25) is 9.58 Å². The van der Waals surface area contributed by atoms with E-state index in [1.54, 1.807) is 34.6 Å². The molecule has 0 bridgehead atoms. The highest BCUT2D eigenvalue weighted by Crippen LogP contribution is 2.25. The van der Waals surface area contributed by atoms with Gasteiger partial charge >= 0.3 is 6.01 Å². The Labute approximate surface area is 185 Å². The van der Waals surface area contributed by atoms with E-state index in [-0.39, 0.29) is 6.10 Å². The van der Waals surface area contributed by atoms with Crippen LogP contribution in [0.2, 0.25) is 0 Å². The lowest BCUT2D eigenvalue weighted by molar-refractivity contribution is 0.0887. The van der Waals surface area contributed by atoms with E-state index in [1.807, 2.05) is 19.3 Å². The van der Waals surface area contributed by atoms with E-state index in [0.717, 1.165) is 54.3 Å². The van der Waals surface area contributed by atoms with Crippen LogP contribution in [-0.2, 0) is 13.6 Å². The number of rotatable bonds is 6. The Morgan fingerprint density at radius 1 is 1.00 bits per heavy atom. The van der Waals surface area contributed by atoms with Crippen LogP contribution in [0, 0.1) is 0 Å². The molecule has 1 aromatic carbocycles. The van der Waals surface area contributed by atoms with Gasteiger partial charge in [0, 0.05) is 67.3 Å². The number of ether oxygens (including phenoxy) is 1. The molecule has 0 radical (unpaired) electrons. The third-order valence-corrected chi connectivity index (χ3v) is 6.37. The summed E-state index contributed by atoms with van der Waals surface area (Å²) in [4.78, 5) is 16.0. The minimum absolute atomic E-state index is 0.149. The molecule has 0 unspecified atom stereocenters. The summed E-state index contributed by atoms with van der Waals surface area (Å²) in [6.07, 6.45) is 9.41. The van der Waals surface area contributed by atoms with Crippen molar-refractivity contribution in [2.24, 2.45) is 7.05 Å². The van der Waals surface area contributed by atoms with E-state index < -0.39 is 0 Å². The maximum absolute atomic E-state index is 6.03. The first kappa shape index (κ1) is 19.8. The smallest absolute Gasteiger partial charge is 0.316 e. The first-order valence-electron chi connectivity index (χ1n) is 10.4. The molecule has 3 aromatic heterocycles. The van der Waals surface area contributed by atoms with Crippen molar-refractivity contribution in [3.05, 3.63) is 66.2 Å². The summed E-state index contributed by atoms with van der Waals surface area (Å²) in [5.74, 6) is 0. The van der Waals surface area contributed by atoms with Crippen LogP contribution in [0.25, 0.3) is 21.7 Å². The molecule has 0 spiro atoms. The summed E-state index contributed by atoms with van der Waals surface area (Å²) in [6.45, 7) is 2.85. The van der Waals surface area contributed by atoms with E-state index in [0.29, 0.717) is 6.01 Å². The van der Waals surface area contributed by atoms with E-state index >= 15 is 0 Å². The number of hydrogen-bond acceptors (Lipinski definition) is 7. The lowest BCUT2D eigenvalue weighted by Crippen LogP contribution is -2.38. The van der Waals surface area contributed by atoms with Gasteiger partial charge in [-0.05, 0) is 12.8 Å². The summed E-state index contributed by atoms with van der Waals surface area (Å²) in [7, 11) is 1.89. The number of nitrogens with zero attached hydrogens (tertiary/aromatic N) is 6. The van der Waals surface area contributed by atoms with Crippen LogP contribution in [0.4, 0.5) is 0 Å². The molecule has 1 aliphatic heterocycles. The number of aryl methyl sites for hydroxylation is 1. The molecule has 0 aliphatic carbocycles. The molecular formula is C23H24N6OS. The Balaban J connectivity index is 1.12. The lowest BCUT2D eigenvalue weighted by atomic mass is 10.1. The van der Waals surface area contributed by atoms with Gasteiger partial charge in [0.2, 0.25) is 0 Å². The van der Waals surface area contributed by atoms with Crippen LogP contribution in [0.15, 0.2) is 60.5 Å². The zero-order chi connectivity index (χ0) is 21.0. The van der Waals surface area contributed by atoms with Crippen molar-refractivity contribution < 1.29 is 4.74 Å². The standard InChI is InChI=1S/C23H24N6OS/c1-28-14-19(13-26-28)18-11-24-23(25-12-18)30-21-7-9-29(10-8-21)15-20-16-31-22(27-20)17-5-3-2-4-6-17/h2-6,11-14,16,21H,7-10,15H2,1H3. The highest BCUT2D eigenvalue weighted by atomic mass is 32.1. The van der Waals surface area contributed by atoms with Crippen molar-refractivity contribution in [1.29, 1.82) is 0 Å². The second-order valence-electron chi connectivity index (χ2n) is 7.76. The predicted molar refractivity (Wildman–Crippen MR) is 121 cm³/mol. The van der Waals surface area contributed by atoms with Crippen molar-refractivity contribution in [2.75, 3.05) is 13.1 Å². The Hall–Kier alpha value is -3.10.